The minimum absolute atomic E-state index is 0.115. The molecule has 0 aliphatic carbocycles. The molecule has 2 aliphatic rings. The van der Waals surface area contributed by atoms with Crippen LogP contribution in [0.5, 0.6) is 0 Å². The average molecular weight is 349 g/mol. The number of fused-ring (bicyclic) bond motifs is 2. The van der Waals surface area contributed by atoms with Crippen molar-refractivity contribution in [1.82, 2.24) is 4.90 Å². The lowest BCUT2D eigenvalue weighted by atomic mass is 10.00. The van der Waals surface area contributed by atoms with Crippen LogP contribution in [0.4, 0.5) is 9.18 Å². The van der Waals surface area contributed by atoms with Crippen molar-refractivity contribution in [3.8, 4) is 0 Å². The minimum atomic E-state index is -0.472. The summed E-state index contributed by atoms with van der Waals surface area (Å²) in [7, 11) is 0. The average Bonchev–Trinajstić information content (AvgIpc) is 2.83. The van der Waals surface area contributed by atoms with Crippen LogP contribution in [0.3, 0.4) is 0 Å². The summed E-state index contributed by atoms with van der Waals surface area (Å²) >= 11 is 0. The highest BCUT2D eigenvalue weighted by Gasteiger charge is 2.45. The molecule has 0 aromatic heterocycles. The Bertz CT molecular complexity index is 599. The van der Waals surface area contributed by atoms with Crippen LogP contribution < -0.4 is 0 Å². The third kappa shape index (κ3) is 4.32. The Balaban J connectivity index is 1.58. The molecule has 1 aromatic carbocycles. The van der Waals surface area contributed by atoms with Crippen molar-refractivity contribution in [3.63, 3.8) is 0 Å². The van der Waals surface area contributed by atoms with E-state index in [1.54, 1.807) is 6.07 Å². The maximum absolute atomic E-state index is 13.0. The van der Waals surface area contributed by atoms with Gasteiger partial charge in [-0.25, -0.2) is 9.18 Å². The number of amides is 1. The molecule has 2 saturated heterocycles. The first-order valence-corrected chi connectivity index (χ1v) is 9.13. The maximum Gasteiger partial charge on any atom is 0.410 e. The summed E-state index contributed by atoms with van der Waals surface area (Å²) in [5.74, 6) is 0. The molecule has 1 amide bonds. The minimum Gasteiger partial charge on any atom is -0.444 e. The number of carbonyl (C=O) groups excluding carboxylic acids is 1. The van der Waals surface area contributed by atoms with Crippen molar-refractivity contribution in [2.75, 3.05) is 0 Å². The Labute approximate surface area is 149 Å². The first kappa shape index (κ1) is 18.2. The van der Waals surface area contributed by atoms with Gasteiger partial charge in [-0.1, -0.05) is 24.3 Å². The molecule has 1 aromatic rings. The van der Waals surface area contributed by atoms with Gasteiger partial charge < -0.3 is 14.4 Å². The summed E-state index contributed by atoms with van der Waals surface area (Å²) in [5, 5.41) is 0. The Hall–Kier alpha value is -1.62. The van der Waals surface area contributed by atoms with Gasteiger partial charge in [0.05, 0.1) is 12.7 Å². The van der Waals surface area contributed by atoms with Crippen LogP contribution >= 0.6 is 0 Å². The largest absolute Gasteiger partial charge is 0.444 e. The fraction of sp³-hybridized carbons (Fsp3) is 0.650. The highest BCUT2D eigenvalue weighted by molar-refractivity contribution is 5.69. The van der Waals surface area contributed by atoms with Crippen LogP contribution in [0.2, 0.25) is 0 Å². The molecule has 138 valence electrons. The Morgan fingerprint density at radius 1 is 1.16 bits per heavy atom. The number of halogens is 1. The predicted octanol–water partition coefficient (Wildman–Crippen LogP) is 4.60. The van der Waals surface area contributed by atoms with Crippen molar-refractivity contribution >= 4 is 6.09 Å². The fourth-order valence-electron chi connectivity index (χ4n) is 3.91. The number of nitrogens with zero attached hydrogens (tertiary/aromatic N) is 1. The number of benzene rings is 1. The van der Waals surface area contributed by atoms with Gasteiger partial charge in [0.15, 0.2) is 0 Å². The second-order valence-corrected chi connectivity index (χ2v) is 8.08. The first-order chi connectivity index (χ1) is 11.9. The third-order valence-electron chi connectivity index (χ3n) is 5.03. The van der Waals surface area contributed by atoms with E-state index in [9.17, 15) is 9.18 Å². The standard InChI is InChI=1S/C20H28FNO3/c1-20(2,3)25-19(23)22-16-8-9-17(22)11-18(10-16)24-13-15-7-5-4-6-14(15)12-21/h4-7,16-18H,8-13H2,1-3H3/t16-,17+,18+. The lowest BCUT2D eigenvalue weighted by molar-refractivity contribution is -0.0398. The van der Waals surface area contributed by atoms with Gasteiger partial charge in [0.1, 0.15) is 12.3 Å². The van der Waals surface area contributed by atoms with Gasteiger partial charge in [-0.3, -0.25) is 0 Å². The van der Waals surface area contributed by atoms with E-state index in [1.165, 1.54) is 0 Å². The van der Waals surface area contributed by atoms with Crippen molar-refractivity contribution < 1.29 is 18.7 Å². The number of rotatable bonds is 4. The van der Waals surface area contributed by atoms with Crippen LogP contribution in [0.25, 0.3) is 0 Å². The van der Waals surface area contributed by atoms with Gasteiger partial charge in [0, 0.05) is 12.1 Å². The topological polar surface area (TPSA) is 38.8 Å². The summed E-state index contributed by atoms with van der Waals surface area (Å²) in [6.45, 7) is 5.64. The molecule has 0 spiro atoms. The molecule has 0 saturated carbocycles. The van der Waals surface area contributed by atoms with Crippen LogP contribution in [-0.4, -0.2) is 34.8 Å². The lowest BCUT2D eigenvalue weighted by Gasteiger charge is -2.39. The molecular formula is C20H28FNO3. The molecule has 5 heteroatoms. The van der Waals surface area contributed by atoms with Gasteiger partial charge in [0.2, 0.25) is 0 Å². The zero-order chi connectivity index (χ0) is 18.0. The summed E-state index contributed by atoms with van der Waals surface area (Å²) < 4.78 is 24.7. The van der Waals surface area contributed by atoms with Gasteiger partial charge in [-0.2, -0.15) is 0 Å². The number of hydrogen-bond donors (Lipinski definition) is 0. The van der Waals surface area contributed by atoms with Crippen LogP contribution in [-0.2, 0) is 22.8 Å². The summed E-state index contributed by atoms with van der Waals surface area (Å²) in [6, 6.07) is 7.85. The summed E-state index contributed by atoms with van der Waals surface area (Å²) in [4.78, 5) is 14.4. The molecule has 2 aliphatic heterocycles. The van der Waals surface area contributed by atoms with Gasteiger partial charge in [-0.05, 0) is 57.6 Å². The van der Waals surface area contributed by atoms with E-state index < -0.39 is 12.3 Å². The second kappa shape index (κ2) is 7.32. The molecule has 2 fully saturated rings. The number of ether oxygens (including phenoxy) is 2. The molecule has 0 unspecified atom stereocenters. The van der Waals surface area contributed by atoms with E-state index in [-0.39, 0.29) is 24.3 Å². The molecule has 0 radical (unpaired) electrons. The van der Waals surface area contributed by atoms with Crippen LogP contribution in [0.15, 0.2) is 24.3 Å². The van der Waals surface area contributed by atoms with E-state index in [0.717, 1.165) is 31.2 Å². The predicted molar refractivity (Wildman–Crippen MR) is 93.9 cm³/mol. The van der Waals surface area contributed by atoms with E-state index in [0.29, 0.717) is 12.2 Å². The van der Waals surface area contributed by atoms with Crippen molar-refractivity contribution in [3.05, 3.63) is 35.4 Å². The zero-order valence-electron chi connectivity index (χ0n) is 15.3. The summed E-state index contributed by atoms with van der Waals surface area (Å²) in [5.41, 5.74) is 1.13. The van der Waals surface area contributed by atoms with Gasteiger partial charge >= 0.3 is 6.09 Å². The quantitative estimate of drug-likeness (QED) is 0.797. The molecular weight excluding hydrogens is 321 g/mol. The number of hydrogen-bond acceptors (Lipinski definition) is 3. The zero-order valence-corrected chi connectivity index (χ0v) is 15.3. The van der Waals surface area contributed by atoms with Crippen molar-refractivity contribution in [2.24, 2.45) is 0 Å². The monoisotopic (exact) mass is 349 g/mol. The van der Waals surface area contributed by atoms with Crippen molar-refractivity contribution in [2.45, 2.75) is 83.5 Å². The van der Waals surface area contributed by atoms with Crippen LogP contribution in [0, 0.1) is 0 Å². The lowest BCUT2D eigenvalue weighted by Crippen LogP contribution is -2.50. The molecule has 3 rings (SSSR count). The highest BCUT2D eigenvalue weighted by atomic mass is 19.1. The smallest absolute Gasteiger partial charge is 0.410 e. The molecule has 3 atom stereocenters. The molecule has 2 heterocycles. The van der Waals surface area contributed by atoms with E-state index in [1.807, 2.05) is 43.9 Å². The molecule has 25 heavy (non-hydrogen) atoms. The van der Waals surface area contributed by atoms with E-state index in [4.69, 9.17) is 9.47 Å². The number of piperidine rings is 1. The molecule has 2 bridgehead atoms. The Morgan fingerprint density at radius 3 is 2.32 bits per heavy atom. The van der Waals surface area contributed by atoms with E-state index in [2.05, 4.69) is 0 Å². The number of alkyl halides is 1. The van der Waals surface area contributed by atoms with Crippen LogP contribution in [0.1, 0.15) is 57.6 Å². The highest BCUT2D eigenvalue weighted by Crippen LogP contribution is 2.38. The SMILES string of the molecule is CC(C)(C)OC(=O)N1[C@@H]2CC[C@H]1C[C@@H](OCc1ccccc1CF)C2. The third-order valence-corrected chi connectivity index (χ3v) is 5.03. The fourth-order valence-corrected chi connectivity index (χ4v) is 3.91. The number of carbonyl (C=O) groups is 1. The normalized spacial score (nSPS) is 25.9. The van der Waals surface area contributed by atoms with Crippen molar-refractivity contribution in [1.29, 1.82) is 0 Å². The van der Waals surface area contributed by atoms with Gasteiger partial charge in [-0.15, -0.1) is 0 Å². The second-order valence-electron chi connectivity index (χ2n) is 8.08. The van der Waals surface area contributed by atoms with E-state index >= 15 is 0 Å². The first-order valence-electron chi connectivity index (χ1n) is 9.13. The molecule has 0 N–H and O–H groups in total. The molecule has 4 nitrogen and oxygen atoms in total. The van der Waals surface area contributed by atoms with Gasteiger partial charge in [0.25, 0.3) is 0 Å². The Morgan fingerprint density at radius 2 is 1.76 bits per heavy atom. The maximum atomic E-state index is 13.0. The summed E-state index contributed by atoms with van der Waals surface area (Å²) in [6.07, 6.45) is 3.57. The Kier molecular flexibility index (Phi) is 5.32.